The number of azo groups is 1. The van der Waals surface area contributed by atoms with Gasteiger partial charge in [0.15, 0.2) is 11.1 Å². The molecule has 2 atom stereocenters. The molecule has 0 heterocycles. The molecule has 0 aliphatic carbocycles. The van der Waals surface area contributed by atoms with Crippen LogP contribution in [0.25, 0.3) is 21.5 Å². The van der Waals surface area contributed by atoms with E-state index in [0.29, 0.717) is 11.1 Å². The SMILES string of the molecule is CC(C#N)(CCC(=O)Oc1cccc2ccccc12)N=NC(C)(C#N)CCC(=O)Oc1ccc(S(=O)(=O)O)c2ccccc12. The minimum Gasteiger partial charge on any atom is -0.426 e. The lowest BCUT2D eigenvalue weighted by atomic mass is 9.97. The largest absolute Gasteiger partial charge is 0.426 e. The van der Waals surface area contributed by atoms with E-state index in [1.807, 2.05) is 42.5 Å². The van der Waals surface area contributed by atoms with Gasteiger partial charge in [-0.3, -0.25) is 14.1 Å². The first-order chi connectivity index (χ1) is 20.9. The molecule has 1 N–H and O–H groups in total. The number of carbonyl (C=O) groups is 2. The van der Waals surface area contributed by atoms with Gasteiger partial charge in [-0.05, 0) is 50.3 Å². The predicted octanol–water partition coefficient (Wildman–Crippen LogP) is 6.33. The zero-order valence-corrected chi connectivity index (χ0v) is 24.7. The second kappa shape index (κ2) is 13.0. The Morgan fingerprint density at radius 2 is 1.20 bits per heavy atom. The van der Waals surface area contributed by atoms with Gasteiger partial charge in [-0.25, -0.2) is 0 Å². The third-order valence-corrected chi connectivity index (χ3v) is 7.84. The van der Waals surface area contributed by atoms with Crippen molar-refractivity contribution < 1.29 is 32.0 Å². The van der Waals surface area contributed by atoms with Crippen LogP contribution in [0, 0.1) is 22.7 Å². The Morgan fingerprint density at radius 1 is 0.727 bits per heavy atom. The maximum absolute atomic E-state index is 12.7. The molecule has 224 valence electrons. The van der Waals surface area contributed by atoms with Gasteiger partial charge in [-0.15, -0.1) is 0 Å². The molecular formula is C32H28N4O7S. The highest BCUT2D eigenvalue weighted by Gasteiger charge is 2.30. The van der Waals surface area contributed by atoms with Crippen molar-refractivity contribution in [1.29, 1.82) is 10.5 Å². The van der Waals surface area contributed by atoms with Gasteiger partial charge in [0.05, 0.1) is 12.1 Å². The third-order valence-electron chi connectivity index (χ3n) is 6.92. The smallest absolute Gasteiger partial charge is 0.311 e. The van der Waals surface area contributed by atoms with Gasteiger partial charge < -0.3 is 9.47 Å². The van der Waals surface area contributed by atoms with Gasteiger partial charge in [-0.1, -0.05) is 60.7 Å². The maximum atomic E-state index is 12.7. The molecule has 0 spiro atoms. The zero-order valence-electron chi connectivity index (χ0n) is 23.9. The molecule has 0 fully saturated rings. The number of esters is 2. The van der Waals surface area contributed by atoms with E-state index >= 15 is 0 Å². The number of ether oxygens (including phenoxy) is 2. The molecule has 0 amide bonds. The highest BCUT2D eigenvalue weighted by Crippen LogP contribution is 2.32. The number of nitriles is 2. The highest BCUT2D eigenvalue weighted by atomic mass is 32.2. The van der Waals surface area contributed by atoms with Crippen LogP contribution in [0.15, 0.2) is 94.0 Å². The topological polar surface area (TPSA) is 179 Å². The van der Waals surface area contributed by atoms with Crippen molar-refractivity contribution >= 4 is 43.6 Å². The first-order valence-corrected chi connectivity index (χ1v) is 15.0. The number of hydrogen-bond acceptors (Lipinski definition) is 10. The summed E-state index contributed by atoms with van der Waals surface area (Å²) in [6.07, 6.45) is -0.505. The lowest BCUT2D eigenvalue weighted by Gasteiger charge is -2.19. The number of hydrogen-bond donors (Lipinski definition) is 1. The monoisotopic (exact) mass is 612 g/mol. The van der Waals surface area contributed by atoms with E-state index in [1.165, 1.54) is 26.0 Å². The molecule has 0 aliphatic rings. The summed E-state index contributed by atoms with van der Waals surface area (Å²) in [6, 6.07) is 25.4. The third kappa shape index (κ3) is 7.61. The fourth-order valence-corrected chi connectivity index (χ4v) is 5.05. The molecule has 0 saturated heterocycles. The summed E-state index contributed by atoms with van der Waals surface area (Å²) < 4.78 is 43.9. The minimum absolute atomic E-state index is 0.0211. The Bertz CT molecular complexity index is 1960. The summed E-state index contributed by atoms with van der Waals surface area (Å²) in [7, 11) is -4.51. The summed E-state index contributed by atoms with van der Waals surface area (Å²) in [4.78, 5) is 25.0. The molecule has 4 aromatic carbocycles. The van der Waals surface area contributed by atoms with Crippen molar-refractivity contribution in [1.82, 2.24) is 0 Å². The van der Waals surface area contributed by atoms with Crippen LogP contribution in [0.2, 0.25) is 0 Å². The van der Waals surface area contributed by atoms with Crippen LogP contribution in [0.3, 0.4) is 0 Å². The van der Waals surface area contributed by atoms with E-state index in [9.17, 15) is 33.1 Å². The molecule has 0 aromatic heterocycles. The van der Waals surface area contributed by atoms with Gasteiger partial charge in [0.25, 0.3) is 10.1 Å². The number of fused-ring (bicyclic) bond motifs is 2. The first-order valence-electron chi connectivity index (χ1n) is 13.5. The summed E-state index contributed by atoms with van der Waals surface area (Å²) in [5, 5.41) is 29.9. The van der Waals surface area contributed by atoms with Crippen LogP contribution in [0.4, 0.5) is 0 Å². The van der Waals surface area contributed by atoms with E-state index in [0.717, 1.165) is 16.8 Å². The molecule has 44 heavy (non-hydrogen) atoms. The molecule has 0 radical (unpaired) electrons. The van der Waals surface area contributed by atoms with Crippen molar-refractivity contribution in [2.75, 3.05) is 0 Å². The summed E-state index contributed by atoms with van der Waals surface area (Å²) in [5.74, 6) is -0.794. The van der Waals surface area contributed by atoms with Crippen molar-refractivity contribution in [3.63, 3.8) is 0 Å². The Hall–Kier alpha value is -5.17. The van der Waals surface area contributed by atoms with Crippen molar-refractivity contribution in [3.8, 4) is 23.6 Å². The van der Waals surface area contributed by atoms with Crippen LogP contribution >= 0.6 is 0 Å². The zero-order chi connectivity index (χ0) is 32.0. The minimum atomic E-state index is -4.51. The number of nitrogens with zero attached hydrogens (tertiary/aromatic N) is 4. The predicted molar refractivity (Wildman–Crippen MR) is 160 cm³/mol. The number of benzene rings is 4. The van der Waals surface area contributed by atoms with E-state index in [-0.39, 0.29) is 41.7 Å². The maximum Gasteiger partial charge on any atom is 0.311 e. The first kappa shape index (κ1) is 31.8. The second-order valence-electron chi connectivity index (χ2n) is 10.5. The van der Waals surface area contributed by atoms with Crippen LogP contribution in [0.1, 0.15) is 39.5 Å². The van der Waals surface area contributed by atoms with E-state index < -0.39 is 33.1 Å². The van der Waals surface area contributed by atoms with E-state index in [4.69, 9.17) is 9.47 Å². The average Bonchev–Trinajstić information content (AvgIpc) is 3.01. The quantitative estimate of drug-likeness (QED) is 0.0876. The van der Waals surface area contributed by atoms with Gasteiger partial charge in [0, 0.05) is 29.0 Å². The molecule has 0 saturated carbocycles. The lowest BCUT2D eigenvalue weighted by Crippen LogP contribution is -2.26. The van der Waals surface area contributed by atoms with E-state index in [2.05, 4.69) is 10.2 Å². The molecule has 0 bridgehead atoms. The molecular weight excluding hydrogens is 584 g/mol. The lowest BCUT2D eigenvalue weighted by molar-refractivity contribution is -0.135. The van der Waals surface area contributed by atoms with Crippen LogP contribution in [-0.2, 0) is 19.7 Å². The average molecular weight is 613 g/mol. The van der Waals surface area contributed by atoms with Crippen molar-refractivity contribution in [2.45, 2.75) is 55.5 Å². The van der Waals surface area contributed by atoms with Crippen LogP contribution in [-0.4, -0.2) is 36.0 Å². The Labute approximate surface area is 254 Å². The summed E-state index contributed by atoms with van der Waals surface area (Å²) >= 11 is 0. The molecule has 4 rings (SSSR count). The molecule has 4 aromatic rings. The van der Waals surface area contributed by atoms with Crippen LogP contribution < -0.4 is 9.47 Å². The Balaban J connectivity index is 1.38. The van der Waals surface area contributed by atoms with Gasteiger partial charge in [-0.2, -0.15) is 29.2 Å². The Kier molecular flexibility index (Phi) is 9.38. The number of rotatable bonds is 11. The molecule has 11 nitrogen and oxygen atoms in total. The standard InChI is InChI=1S/C32H28N4O7S/c1-31(20-33,18-16-29(37)42-26-13-7-9-22-8-3-4-10-23(22)26)35-36-32(2,21-34)19-17-30(38)43-27-14-15-28(44(39,40)41)25-12-6-5-11-24(25)27/h3-15H,16-19H2,1-2H3,(H,39,40,41). The van der Waals surface area contributed by atoms with E-state index in [1.54, 1.807) is 30.3 Å². The number of carbonyl (C=O) groups excluding carboxylic acids is 2. The fraction of sp³-hybridized carbons (Fsp3) is 0.250. The van der Waals surface area contributed by atoms with Crippen molar-refractivity contribution in [2.24, 2.45) is 10.2 Å². The fourth-order valence-electron chi connectivity index (χ4n) is 4.36. The second-order valence-corrected chi connectivity index (χ2v) is 11.9. The van der Waals surface area contributed by atoms with Crippen molar-refractivity contribution in [3.05, 3.63) is 78.9 Å². The summed E-state index contributed by atoms with van der Waals surface area (Å²) in [5.41, 5.74) is -2.93. The van der Waals surface area contributed by atoms with Crippen LogP contribution in [0.5, 0.6) is 11.5 Å². The van der Waals surface area contributed by atoms with Gasteiger partial charge >= 0.3 is 11.9 Å². The highest BCUT2D eigenvalue weighted by molar-refractivity contribution is 7.86. The molecule has 2 unspecified atom stereocenters. The normalized spacial score (nSPS) is 14.3. The van der Waals surface area contributed by atoms with Gasteiger partial charge in [0.2, 0.25) is 0 Å². The molecule has 0 aliphatic heterocycles. The van der Waals surface area contributed by atoms with Gasteiger partial charge in [0.1, 0.15) is 16.4 Å². The molecule has 12 heteroatoms. The summed E-state index contributed by atoms with van der Waals surface area (Å²) in [6.45, 7) is 2.93. The Morgan fingerprint density at radius 3 is 1.75 bits per heavy atom.